The van der Waals surface area contributed by atoms with Gasteiger partial charge in [-0.1, -0.05) is 0 Å². The number of rotatable bonds is 6. The molecule has 0 heterocycles. The number of nitrogens with one attached hydrogen (secondary N) is 1. The second-order valence-corrected chi connectivity index (χ2v) is 4.13. The van der Waals surface area contributed by atoms with Crippen LogP contribution >= 0.6 is 0 Å². The lowest BCUT2D eigenvalue weighted by Gasteiger charge is -2.16. The molecule has 0 aliphatic carbocycles. The van der Waals surface area contributed by atoms with E-state index in [9.17, 15) is 19.7 Å². The monoisotopic (exact) mass is 296 g/mol. The van der Waals surface area contributed by atoms with Crippen molar-refractivity contribution in [2.45, 2.75) is 26.9 Å². The van der Waals surface area contributed by atoms with Gasteiger partial charge in [-0.15, -0.1) is 0 Å². The number of non-ortho nitro benzene ring substituents is 1. The molecular formula is C13H16N2O6. The highest BCUT2D eigenvalue weighted by atomic mass is 16.6. The summed E-state index contributed by atoms with van der Waals surface area (Å²) in [6.45, 7) is 4.62. The summed E-state index contributed by atoms with van der Waals surface area (Å²) in [5.41, 5.74) is -0.0808. The first-order valence-electron chi connectivity index (χ1n) is 6.24. The number of anilines is 1. The van der Waals surface area contributed by atoms with Gasteiger partial charge in [-0.2, -0.15) is 0 Å². The molecule has 0 fully saturated rings. The summed E-state index contributed by atoms with van der Waals surface area (Å²) < 4.78 is 10.2. The fourth-order valence-electron chi connectivity index (χ4n) is 1.52. The quantitative estimate of drug-likeness (QED) is 0.488. The number of nitro benzene ring substituents is 1. The number of carbonyl (C=O) groups excluding carboxylic acids is 2. The third-order valence-corrected chi connectivity index (χ3v) is 2.41. The van der Waals surface area contributed by atoms with Crippen LogP contribution in [0.5, 0.6) is 5.75 Å². The van der Waals surface area contributed by atoms with Crippen LogP contribution in [0.25, 0.3) is 0 Å². The number of hydrogen-bond donors (Lipinski definition) is 1. The van der Waals surface area contributed by atoms with E-state index in [1.165, 1.54) is 26.0 Å². The molecule has 0 saturated carbocycles. The maximum Gasteiger partial charge on any atom is 0.347 e. The second kappa shape index (κ2) is 7.22. The molecule has 1 aromatic rings. The van der Waals surface area contributed by atoms with Crippen LogP contribution in [0.2, 0.25) is 0 Å². The molecule has 1 rings (SSSR count). The molecule has 21 heavy (non-hydrogen) atoms. The zero-order chi connectivity index (χ0) is 16.0. The van der Waals surface area contributed by atoms with Crippen molar-refractivity contribution in [1.82, 2.24) is 0 Å². The average molecular weight is 296 g/mol. The van der Waals surface area contributed by atoms with Gasteiger partial charge in [-0.05, 0) is 19.9 Å². The van der Waals surface area contributed by atoms with E-state index in [2.05, 4.69) is 5.32 Å². The fraction of sp³-hybridized carbons (Fsp3) is 0.385. The highest BCUT2D eigenvalue weighted by Gasteiger charge is 2.19. The second-order valence-electron chi connectivity index (χ2n) is 4.13. The average Bonchev–Trinajstić information content (AvgIpc) is 2.40. The van der Waals surface area contributed by atoms with Crippen LogP contribution in [0.4, 0.5) is 11.4 Å². The van der Waals surface area contributed by atoms with Gasteiger partial charge in [0, 0.05) is 19.1 Å². The number of esters is 1. The fourth-order valence-corrected chi connectivity index (χ4v) is 1.52. The summed E-state index contributed by atoms with van der Waals surface area (Å²) in [5.74, 6) is -0.829. The minimum Gasteiger partial charge on any atom is -0.477 e. The first-order chi connectivity index (χ1) is 9.85. The van der Waals surface area contributed by atoms with Crippen LogP contribution < -0.4 is 10.1 Å². The molecule has 1 amide bonds. The van der Waals surface area contributed by atoms with E-state index in [1.54, 1.807) is 6.92 Å². The van der Waals surface area contributed by atoms with Gasteiger partial charge in [0.2, 0.25) is 5.91 Å². The third-order valence-electron chi connectivity index (χ3n) is 2.41. The number of benzene rings is 1. The number of carbonyl (C=O) groups is 2. The molecule has 114 valence electrons. The zero-order valence-corrected chi connectivity index (χ0v) is 11.9. The van der Waals surface area contributed by atoms with Crippen LogP contribution in [0.3, 0.4) is 0 Å². The van der Waals surface area contributed by atoms with Crippen molar-refractivity contribution in [3.05, 3.63) is 28.3 Å². The Labute approximate surface area is 121 Å². The van der Waals surface area contributed by atoms with Crippen molar-refractivity contribution in [3.63, 3.8) is 0 Å². The highest BCUT2D eigenvalue weighted by Crippen LogP contribution is 2.30. The number of nitrogens with zero attached hydrogens (tertiary/aromatic N) is 1. The van der Waals surface area contributed by atoms with Gasteiger partial charge in [-0.3, -0.25) is 14.9 Å². The molecule has 1 atom stereocenters. The molecule has 0 saturated heterocycles. The number of hydrogen-bond acceptors (Lipinski definition) is 6. The van der Waals surface area contributed by atoms with Gasteiger partial charge in [-0.25, -0.2) is 4.79 Å². The zero-order valence-electron chi connectivity index (χ0n) is 11.9. The van der Waals surface area contributed by atoms with Crippen molar-refractivity contribution in [2.24, 2.45) is 0 Å². The Kier molecular flexibility index (Phi) is 5.65. The van der Waals surface area contributed by atoms with Gasteiger partial charge in [0.05, 0.1) is 17.2 Å². The van der Waals surface area contributed by atoms with Gasteiger partial charge >= 0.3 is 5.97 Å². The Balaban J connectivity index is 3.02. The molecule has 0 aliphatic rings. The lowest BCUT2D eigenvalue weighted by Crippen LogP contribution is -2.26. The Morgan fingerprint density at radius 2 is 2.10 bits per heavy atom. The molecular weight excluding hydrogens is 280 g/mol. The van der Waals surface area contributed by atoms with E-state index < -0.39 is 22.9 Å². The minimum atomic E-state index is -0.904. The van der Waals surface area contributed by atoms with Crippen LogP contribution in [-0.2, 0) is 14.3 Å². The molecule has 1 aromatic carbocycles. The summed E-state index contributed by atoms with van der Waals surface area (Å²) >= 11 is 0. The smallest absolute Gasteiger partial charge is 0.347 e. The van der Waals surface area contributed by atoms with E-state index in [1.807, 2.05) is 0 Å². The van der Waals surface area contributed by atoms with Crippen LogP contribution in [0, 0.1) is 10.1 Å². The Morgan fingerprint density at radius 1 is 1.43 bits per heavy atom. The Bertz CT molecular complexity index is 558. The summed E-state index contributed by atoms with van der Waals surface area (Å²) in [4.78, 5) is 32.8. The maximum absolute atomic E-state index is 11.5. The molecule has 1 N–H and O–H groups in total. The SMILES string of the molecule is CCOC(=O)C(C)Oc1ccc([N+](=O)[O-])cc1NC(C)=O. The number of ether oxygens (including phenoxy) is 2. The number of amides is 1. The third kappa shape index (κ3) is 4.75. The van der Waals surface area contributed by atoms with E-state index in [0.717, 1.165) is 6.07 Å². The van der Waals surface area contributed by atoms with Crippen molar-refractivity contribution < 1.29 is 24.0 Å². The molecule has 0 spiro atoms. The highest BCUT2D eigenvalue weighted by molar-refractivity contribution is 5.91. The summed E-state index contributed by atoms with van der Waals surface area (Å²) in [7, 11) is 0. The topological polar surface area (TPSA) is 108 Å². The van der Waals surface area contributed by atoms with Crippen LogP contribution in [-0.4, -0.2) is 29.5 Å². The van der Waals surface area contributed by atoms with E-state index in [0.29, 0.717) is 0 Å². The Hall–Kier alpha value is -2.64. The first kappa shape index (κ1) is 16.4. The van der Waals surface area contributed by atoms with Crippen molar-refractivity contribution in [3.8, 4) is 5.75 Å². The summed E-state index contributed by atoms with van der Waals surface area (Å²) in [5, 5.41) is 13.2. The van der Waals surface area contributed by atoms with Crippen LogP contribution in [0.1, 0.15) is 20.8 Å². The maximum atomic E-state index is 11.5. The Morgan fingerprint density at radius 3 is 2.62 bits per heavy atom. The van der Waals surface area contributed by atoms with E-state index in [4.69, 9.17) is 9.47 Å². The molecule has 8 heteroatoms. The van der Waals surface area contributed by atoms with Gasteiger partial charge in [0.1, 0.15) is 5.75 Å². The van der Waals surface area contributed by atoms with Gasteiger partial charge in [0.15, 0.2) is 6.10 Å². The summed E-state index contributed by atoms with van der Waals surface area (Å²) in [6, 6.07) is 3.70. The molecule has 0 bridgehead atoms. The predicted molar refractivity (Wildman–Crippen MR) is 74.1 cm³/mol. The lowest BCUT2D eigenvalue weighted by molar-refractivity contribution is -0.384. The van der Waals surface area contributed by atoms with Gasteiger partial charge in [0.25, 0.3) is 5.69 Å². The van der Waals surface area contributed by atoms with Crippen molar-refractivity contribution in [2.75, 3.05) is 11.9 Å². The summed E-state index contributed by atoms with van der Waals surface area (Å²) in [6.07, 6.45) is -0.904. The minimum absolute atomic E-state index is 0.118. The van der Waals surface area contributed by atoms with Crippen molar-refractivity contribution >= 4 is 23.3 Å². The normalized spacial score (nSPS) is 11.4. The molecule has 0 aromatic heterocycles. The lowest BCUT2D eigenvalue weighted by atomic mass is 10.2. The standard InChI is InChI=1S/C13H16N2O6/c1-4-20-13(17)8(2)21-12-6-5-10(15(18)19)7-11(12)14-9(3)16/h5-8H,4H2,1-3H3,(H,14,16). The van der Waals surface area contributed by atoms with Crippen LogP contribution in [0.15, 0.2) is 18.2 Å². The molecule has 0 aliphatic heterocycles. The molecule has 1 unspecified atom stereocenters. The molecule has 0 radical (unpaired) electrons. The van der Waals surface area contributed by atoms with Gasteiger partial charge < -0.3 is 14.8 Å². The number of nitro groups is 1. The first-order valence-corrected chi connectivity index (χ1v) is 6.24. The van der Waals surface area contributed by atoms with Crippen molar-refractivity contribution in [1.29, 1.82) is 0 Å². The van der Waals surface area contributed by atoms with E-state index >= 15 is 0 Å². The molecule has 8 nitrogen and oxygen atoms in total. The van der Waals surface area contributed by atoms with E-state index in [-0.39, 0.29) is 23.7 Å². The predicted octanol–water partition coefficient (Wildman–Crippen LogP) is 1.88. The largest absolute Gasteiger partial charge is 0.477 e.